The zero-order chi connectivity index (χ0) is 18.5. The first-order valence-corrected chi connectivity index (χ1v) is 7.78. The highest BCUT2D eigenvalue weighted by Crippen LogP contribution is 2.10. The molecule has 0 aliphatic rings. The predicted molar refractivity (Wildman–Crippen MR) is 92.8 cm³/mol. The van der Waals surface area contributed by atoms with Crippen molar-refractivity contribution in [3.63, 3.8) is 0 Å². The molecule has 0 unspecified atom stereocenters. The monoisotopic (exact) mass is 348 g/mol. The van der Waals surface area contributed by atoms with Gasteiger partial charge in [-0.25, -0.2) is 4.68 Å². The molecule has 0 atom stereocenters. The summed E-state index contributed by atoms with van der Waals surface area (Å²) in [6, 6.07) is 17.5. The molecule has 0 spiro atoms. The number of carboxylic acid groups (broad SMARTS) is 1. The van der Waals surface area contributed by atoms with Crippen LogP contribution < -0.4 is 16.0 Å². The number of carboxylic acids is 1. The molecule has 0 radical (unpaired) electrons. The zero-order valence-corrected chi connectivity index (χ0v) is 13.6. The minimum atomic E-state index is -1.29. The Morgan fingerprint density at radius 3 is 2.31 bits per heavy atom. The van der Waals surface area contributed by atoms with Crippen LogP contribution in [0.4, 0.5) is 5.69 Å². The summed E-state index contributed by atoms with van der Waals surface area (Å²) in [5, 5.41) is 17.4. The maximum absolute atomic E-state index is 12.3. The fourth-order valence-corrected chi connectivity index (χ4v) is 2.32. The van der Waals surface area contributed by atoms with Gasteiger partial charge in [0, 0.05) is 11.8 Å². The number of nitrogens with zero attached hydrogens (tertiary/aromatic N) is 2. The molecular formula is C19H14N3O4-. The summed E-state index contributed by atoms with van der Waals surface area (Å²) in [7, 11) is 0. The van der Waals surface area contributed by atoms with Crippen molar-refractivity contribution in [2.45, 2.75) is 6.54 Å². The predicted octanol–water partition coefficient (Wildman–Crippen LogP) is 0.907. The summed E-state index contributed by atoms with van der Waals surface area (Å²) in [6.07, 6.45) is 0. The van der Waals surface area contributed by atoms with Gasteiger partial charge in [-0.2, -0.15) is 5.10 Å². The van der Waals surface area contributed by atoms with Crippen molar-refractivity contribution in [1.29, 1.82) is 0 Å². The molecule has 0 saturated heterocycles. The smallest absolute Gasteiger partial charge is 0.276 e. The van der Waals surface area contributed by atoms with Crippen molar-refractivity contribution in [1.82, 2.24) is 9.78 Å². The van der Waals surface area contributed by atoms with Crippen molar-refractivity contribution in [2.24, 2.45) is 0 Å². The molecule has 1 amide bonds. The standard InChI is InChI=1S/C19H15N3O4/c23-17-11-10-16(21-22(17)12-13-4-2-1-3-5-13)18(24)20-15-8-6-14(7-9-15)19(25)26/h1-11H,12H2,(H,20,24)(H,25,26)/p-1. The molecule has 1 heterocycles. The Morgan fingerprint density at radius 2 is 1.65 bits per heavy atom. The molecule has 1 aromatic heterocycles. The minimum Gasteiger partial charge on any atom is -0.545 e. The number of nitrogens with one attached hydrogen (secondary N) is 1. The van der Waals surface area contributed by atoms with Crippen molar-refractivity contribution in [2.75, 3.05) is 5.32 Å². The van der Waals surface area contributed by atoms with E-state index < -0.39 is 11.9 Å². The average Bonchev–Trinajstić information content (AvgIpc) is 2.65. The third-order valence-corrected chi connectivity index (χ3v) is 3.65. The first-order valence-electron chi connectivity index (χ1n) is 7.78. The highest BCUT2D eigenvalue weighted by molar-refractivity contribution is 6.02. The molecule has 3 aromatic rings. The summed E-state index contributed by atoms with van der Waals surface area (Å²) in [5.41, 5.74) is 1.06. The first kappa shape index (κ1) is 17.1. The van der Waals surface area contributed by atoms with E-state index in [1.54, 1.807) is 0 Å². The van der Waals surface area contributed by atoms with Crippen LogP contribution in [0.3, 0.4) is 0 Å². The summed E-state index contributed by atoms with van der Waals surface area (Å²) < 4.78 is 1.21. The summed E-state index contributed by atoms with van der Waals surface area (Å²) in [5.74, 6) is -1.80. The lowest BCUT2D eigenvalue weighted by atomic mass is 10.2. The van der Waals surface area contributed by atoms with Gasteiger partial charge in [0.15, 0.2) is 0 Å². The van der Waals surface area contributed by atoms with Crippen LogP contribution >= 0.6 is 0 Å². The molecule has 7 heteroatoms. The number of amides is 1. The topological polar surface area (TPSA) is 104 Å². The number of aromatic carboxylic acids is 1. The van der Waals surface area contributed by atoms with E-state index in [0.29, 0.717) is 5.69 Å². The highest BCUT2D eigenvalue weighted by Gasteiger charge is 2.10. The van der Waals surface area contributed by atoms with Gasteiger partial charge in [0.2, 0.25) is 0 Å². The van der Waals surface area contributed by atoms with Gasteiger partial charge >= 0.3 is 0 Å². The lowest BCUT2D eigenvalue weighted by Crippen LogP contribution is -2.26. The van der Waals surface area contributed by atoms with E-state index in [2.05, 4.69) is 10.4 Å². The Morgan fingerprint density at radius 1 is 0.962 bits per heavy atom. The van der Waals surface area contributed by atoms with Crippen LogP contribution in [0.2, 0.25) is 0 Å². The first-order chi connectivity index (χ1) is 12.5. The van der Waals surface area contributed by atoms with Crippen LogP contribution in [0, 0.1) is 0 Å². The van der Waals surface area contributed by atoms with Crippen LogP contribution in [-0.4, -0.2) is 21.7 Å². The Labute approximate surface area is 148 Å². The molecule has 0 bridgehead atoms. The third kappa shape index (κ3) is 4.02. The van der Waals surface area contributed by atoms with Gasteiger partial charge in [0.25, 0.3) is 11.5 Å². The molecule has 0 aliphatic heterocycles. The van der Waals surface area contributed by atoms with E-state index in [1.807, 2.05) is 30.3 Å². The fourth-order valence-electron chi connectivity index (χ4n) is 2.32. The molecule has 1 N–H and O–H groups in total. The number of carbonyl (C=O) groups is 2. The van der Waals surface area contributed by atoms with Gasteiger partial charge in [-0.1, -0.05) is 42.5 Å². The normalized spacial score (nSPS) is 10.3. The van der Waals surface area contributed by atoms with E-state index in [4.69, 9.17) is 0 Å². The SMILES string of the molecule is O=C([O-])c1ccc(NC(=O)c2ccc(=O)n(Cc3ccccc3)n2)cc1. The van der Waals surface area contributed by atoms with Crippen LogP contribution in [0.5, 0.6) is 0 Å². The molecule has 26 heavy (non-hydrogen) atoms. The number of hydrogen-bond acceptors (Lipinski definition) is 5. The number of benzene rings is 2. The largest absolute Gasteiger partial charge is 0.545 e. The van der Waals surface area contributed by atoms with Crippen molar-refractivity contribution >= 4 is 17.6 Å². The fraction of sp³-hybridized carbons (Fsp3) is 0.0526. The number of carbonyl (C=O) groups excluding carboxylic acids is 2. The second kappa shape index (κ2) is 7.43. The second-order valence-electron chi connectivity index (χ2n) is 5.52. The Bertz CT molecular complexity index is 995. The van der Waals surface area contributed by atoms with Gasteiger partial charge in [-0.15, -0.1) is 0 Å². The van der Waals surface area contributed by atoms with E-state index in [0.717, 1.165) is 5.56 Å². The maximum atomic E-state index is 12.3. The van der Waals surface area contributed by atoms with E-state index in [1.165, 1.54) is 41.1 Å². The molecule has 0 fully saturated rings. The molecule has 0 aliphatic carbocycles. The molecule has 0 saturated carbocycles. The van der Waals surface area contributed by atoms with Crippen molar-refractivity contribution in [3.8, 4) is 0 Å². The van der Waals surface area contributed by atoms with Gasteiger partial charge in [0.05, 0.1) is 12.5 Å². The van der Waals surface area contributed by atoms with Gasteiger partial charge in [-0.05, 0) is 29.3 Å². The van der Waals surface area contributed by atoms with Crippen molar-refractivity contribution < 1.29 is 14.7 Å². The Balaban J connectivity index is 1.78. The van der Waals surface area contributed by atoms with Gasteiger partial charge in [0.1, 0.15) is 5.69 Å². The molecule has 3 rings (SSSR count). The molecule has 7 nitrogen and oxygen atoms in total. The lowest BCUT2D eigenvalue weighted by Gasteiger charge is -2.09. The Kier molecular flexibility index (Phi) is 4.89. The third-order valence-electron chi connectivity index (χ3n) is 3.65. The molecule has 130 valence electrons. The lowest BCUT2D eigenvalue weighted by molar-refractivity contribution is -0.255. The number of hydrogen-bond donors (Lipinski definition) is 1. The highest BCUT2D eigenvalue weighted by atomic mass is 16.4. The average molecular weight is 348 g/mol. The zero-order valence-electron chi connectivity index (χ0n) is 13.6. The maximum Gasteiger partial charge on any atom is 0.276 e. The number of aromatic nitrogens is 2. The van der Waals surface area contributed by atoms with Crippen LogP contribution in [0.15, 0.2) is 71.5 Å². The van der Waals surface area contributed by atoms with Crippen LogP contribution in [-0.2, 0) is 6.54 Å². The van der Waals surface area contributed by atoms with E-state index >= 15 is 0 Å². The number of rotatable bonds is 5. The molecule has 2 aromatic carbocycles. The summed E-state index contributed by atoms with van der Waals surface area (Å²) in [6.45, 7) is 0.251. The Hall–Kier alpha value is -3.74. The quantitative estimate of drug-likeness (QED) is 0.738. The van der Waals surface area contributed by atoms with Crippen LogP contribution in [0.25, 0.3) is 0 Å². The van der Waals surface area contributed by atoms with Crippen LogP contribution in [0.1, 0.15) is 26.4 Å². The summed E-state index contributed by atoms with van der Waals surface area (Å²) in [4.78, 5) is 35.0. The summed E-state index contributed by atoms with van der Waals surface area (Å²) >= 11 is 0. The van der Waals surface area contributed by atoms with E-state index in [-0.39, 0.29) is 23.4 Å². The van der Waals surface area contributed by atoms with Crippen molar-refractivity contribution in [3.05, 3.63) is 93.9 Å². The second-order valence-corrected chi connectivity index (χ2v) is 5.52. The molecular weight excluding hydrogens is 334 g/mol. The van der Waals surface area contributed by atoms with Gasteiger partial charge in [-0.3, -0.25) is 9.59 Å². The minimum absolute atomic E-state index is 0.0116. The number of anilines is 1. The van der Waals surface area contributed by atoms with E-state index in [9.17, 15) is 19.5 Å². The van der Waals surface area contributed by atoms with Gasteiger partial charge < -0.3 is 15.2 Å².